The summed E-state index contributed by atoms with van der Waals surface area (Å²) in [6.45, 7) is 2.12. The van der Waals surface area contributed by atoms with E-state index in [1.54, 1.807) is 6.92 Å². The second-order valence-corrected chi connectivity index (χ2v) is 4.85. The van der Waals surface area contributed by atoms with Crippen LogP contribution in [0.25, 0.3) is 0 Å². The third kappa shape index (κ3) is 14.6. The van der Waals surface area contributed by atoms with Crippen LogP contribution in [0.1, 0.15) is 39.0 Å². The molecule has 7 heteroatoms. The minimum absolute atomic E-state index is 0. The van der Waals surface area contributed by atoms with Crippen LogP contribution in [-0.2, 0) is 19.6 Å². The van der Waals surface area contributed by atoms with E-state index in [-0.39, 0.29) is 49.5 Å². The summed E-state index contributed by atoms with van der Waals surface area (Å²) in [5.74, 6) is -0.408. The van der Waals surface area contributed by atoms with Gasteiger partial charge in [0.1, 0.15) is 0 Å². The summed E-state index contributed by atoms with van der Waals surface area (Å²) in [7, 11) is -3.82. The molecule has 0 aliphatic carbocycles. The van der Waals surface area contributed by atoms with Gasteiger partial charge in [-0.1, -0.05) is 19.8 Å². The van der Waals surface area contributed by atoms with E-state index in [0.717, 1.165) is 12.8 Å². The molecule has 0 fully saturated rings. The Labute approximate surface area is 127 Å². The average Bonchev–Trinajstić information content (AvgIpc) is 2.14. The molecule has 5 nitrogen and oxygen atoms in total. The third-order valence-electron chi connectivity index (χ3n) is 1.85. The van der Waals surface area contributed by atoms with Crippen molar-refractivity contribution in [3.05, 3.63) is 0 Å². The molecular weight excluding hydrogens is 260 g/mol. The normalized spacial score (nSPS) is 10.6. The summed E-state index contributed by atoms with van der Waals surface area (Å²) in [5.41, 5.74) is 0. The SMILES string of the molecule is CCC(=O)OCCCCCCS(=O)(=O)O.[Ca]. The molecule has 0 amide bonds. The quantitative estimate of drug-likeness (QED) is 0.310. The van der Waals surface area contributed by atoms with Gasteiger partial charge in [-0.15, -0.1) is 0 Å². The van der Waals surface area contributed by atoms with Crippen LogP contribution in [0, 0.1) is 0 Å². The van der Waals surface area contributed by atoms with E-state index in [1.807, 2.05) is 0 Å². The topological polar surface area (TPSA) is 80.7 Å². The molecule has 0 aromatic heterocycles. The smallest absolute Gasteiger partial charge is 0.305 e. The largest absolute Gasteiger partial charge is 0.466 e. The first-order chi connectivity index (χ1) is 6.95. The average molecular weight is 278 g/mol. The van der Waals surface area contributed by atoms with Crippen LogP contribution in [0.5, 0.6) is 0 Å². The van der Waals surface area contributed by atoms with E-state index < -0.39 is 10.1 Å². The van der Waals surface area contributed by atoms with Gasteiger partial charge in [0, 0.05) is 44.2 Å². The zero-order valence-corrected chi connectivity index (χ0v) is 12.7. The Hall–Kier alpha value is 0.640. The van der Waals surface area contributed by atoms with Gasteiger partial charge < -0.3 is 4.74 Å². The van der Waals surface area contributed by atoms with Crippen LogP contribution >= 0.6 is 0 Å². The molecule has 0 rings (SSSR count). The molecule has 16 heavy (non-hydrogen) atoms. The van der Waals surface area contributed by atoms with Crippen LogP contribution in [0.4, 0.5) is 0 Å². The Morgan fingerprint density at radius 3 is 2.25 bits per heavy atom. The molecule has 0 aromatic carbocycles. The standard InChI is InChI=1S/C9H18O5S.Ca/c1-2-9(10)14-7-5-3-4-6-8-15(11,12)13;/h2-8H2,1H3,(H,11,12,13);. The number of rotatable bonds is 8. The number of esters is 1. The molecule has 92 valence electrons. The Morgan fingerprint density at radius 2 is 1.75 bits per heavy atom. The summed E-state index contributed by atoms with van der Waals surface area (Å²) in [4.78, 5) is 10.7. The van der Waals surface area contributed by atoms with Gasteiger partial charge in [0.25, 0.3) is 10.1 Å². The van der Waals surface area contributed by atoms with Crippen molar-refractivity contribution < 1.29 is 22.5 Å². The van der Waals surface area contributed by atoms with E-state index in [4.69, 9.17) is 9.29 Å². The number of carbonyl (C=O) groups is 1. The fraction of sp³-hybridized carbons (Fsp3) is 0.889. The van der Waals surface area contributed by atoms with Crippen LogP contribution < -0.4 is 0 Å². The molecule has 0 unspecified atom stereocenters. The van der Waals surface area contributed by atoms with Crippen LogP contribution in [0.15, 0.2) is 0 Å². The predicted octanol–water partition coefficient (Wildman–Crippen LogP) is 1.01. The molecule has 0 spiro atoms. The zero-order chi connectivity index (χ0) is 11.7. The molecular formula is C9H18CaO5S. The van der Waals surface area contributed by atoms with Gasteiger partial charge in [-0.05, 0) is 12.8 Å². The molecule has 0 aromatic rings. The monoisotopic (exact) mass is 278 g/mol. The first-order valence-electron chi connectivity index (χ1n) is 5.06. The van der Waals surface area contributed by atoms with Gasteiger partial charge in [0.15, 0.2) is 0 Å². The first-order valence-corrected chi connectivity index (χ1v) is 6.67. The van der Waals surface area contributed by atoms with Crippen LogP contribution in [0.2, 0.25) is 0 Å². The van der Waals surface area contributed by atoms with Crippen molar-refractivity contribution in [3.63, 3.8) is 0 Å². The predicted molar refractivity (Wildman–Crippen MR) is 61.9 cm³/mol. The summed E-state index contributed by atoms with van der Waals surface area (Å²) < 4.78 is 33.9. The maximum Gasteiger partial charge on any atom is 0.305 e. The number of unbranched alkanes of at least 4 members (excludes halogenated alkanes) is 3. The van der Waals surface area contributed by atoms with Gasteiger partial charge in [-0.3, -0.25) is 9.35 Å². The first kappa shape index (κ1) is 19.0. The number of ether oxygens (including phenoxy) is 1. The van der Waals surface area contributed by atoms with E-state index in [2.05, 4.69) is 0 Å². The number of carbonyl (C=O) groups excluding carboxylic acids is 1. The summed E-state index contributed by atoms with van der Waals surface area (Å²) in [6.07, 6.45) is 3.07. The van der Waals surface area contributed by atoms with Gasteiger partial charge in [-0.2, -0.15) is 8.42 Å². The van der Waals surface area contributed by atoms with Gasteiger partial charge in [-0.25, -0.2) is 0 Å². The van der Waals surface area contributed by atoms with Gasteiger partial charge >= 0.3 is 5.97 Å². The Kier molecular flexibility index (Phi) is 12.8. The minimum atomic E-state index is -3.82. The summed E-state index contributed by atoms with van der Waals surface area (Å²) in [6, 6.07) is 0. The van der Waals surface area contributed by atoms with Crippen molar-refractivity contribution in [1.29, 1.82) is 0 Å². The Bertz CT molecular complexity index is 276. The summed E-state index contributed by atoms with van der Waals surface area (Å²) in [5, 5.41) is 0. The molecule has 1 N–H and O–H groups in total. The zero-order valence-electron chi connectivity index (χ0n) is 9.65. The van der Waals surface area contributed by atoms with E-state index >= 15 is 0 Å². The maximum absolute atomic E-state index is 10.7. The summed E-state index contributed by atoms with van der Waals surface area (Å²) >= 11 is 0. The fourth-order valence-corrected chi connectivity index (χ4v) is 1.60. The molecule has 2 radical (unpaired) electrons. The van der Waals surface area contributed by atoms with Crippen molar-refractivity contribution in [2.24, 2.45) is 0 Å². The van der Waals surface area contributed by atoms with Crippen molar-refractivity contribution in [3.8, 4) is 0 Å². The van der Waals surface area contributed by atoms with E-state index in [9.17, 15) is 13.2 Å². The second kappa shape index (κ2) is 10.8. The van der Waals surface area contributed by atoms with Gasteiger partial charge in [0.2, 0.25) is 0 Å². The van der Waals surface area contributed by atoms with Crippen molar-refractivity contribution >= 4 is 53.8 Å². The Morgan fingerprint density at radius 1 is 1.19 bits per heavy atom. The molecule has 0 heterocycles. The van der Waals surface area contributed by atoms with Crippen molar-refractivity contribution in [2.75, 3.05) is 12.4 Å². The Balaban J connectivity index is 0. The van der Waals surface area contributed by atoms with Crippen molar-refractivity contribution in [1.82, 2.24) is 0 Å². The van der Waals surface area contributed by atoms with E-state index in [0.29, 0.717) is 25.9 Å². The van der Waals surface area contributed by atoms with Crippen LogP contribution in [0.3, 0.4) is 0 Å². The van der Waals surface area contributed by atoms with Gasteiger partial charge in [0.05, 0.1) is 12.4 Å². The van der Waals surface area contributed by atoms with Crippen molar-refractivity contribution in [2.45, 2.75) is 39.0 Å². The molecule has 0 aliphatic rings. The third-order valence-corrected chi connectivity index (χ3v) is 2.65. The molecule has 0 saturated carbocycles. The maximum atomic E-state index is 10.7. The molecule has 0 aliphatic heterocycles. The minimum Gasteiger partial charge on any atom is -0.466 e. The molecule has 0 saturated heterocycles. The van der Waals surface area contributed by atoms with Crippen LogP contribution in [-0.4, -0.2) is 69.0 Å². The molecule has 0 atom stereocenters. The number of hydrogen-bond acceptors (Lipinski definition) is 4. The fourth-order valence-electron chi connectivity index (χ4n) is 1.03. The molecule has 0 bridgehead atoms. The van der Waals surface area contributed by atoms with E-state index in [1.165, 1.54) is 0 Å². The number of hydrogen-bond donors (Lipinski definition) is 1. The second-order valence-electron chi connectivity index (χ2n) is 3.27.